The van der Waals surface area contributed by atoms with Crippen molar-refractivity contribution in [3.63, 3.8) is 0 Å². The normalized spacial score (nSPS) is 13.8. The van der Waals surface area contributed by atoms with E-state index in [-0.39, 0.29) is 17.4 Å². The van der Waals surface area contributed by atoms with Crippen molar-refractivity contribution in [1.82, 2.24) is 24.0 Å². The highest BCUT2D eigenvalue weighted by molar-refractivity contribution is 5.69. The second kappa shape index (κ2) is 7.37. The molecular formula is C18H23N5O4. The smallest absolute Gasteiger partial charge is 0.332 e. The van der Waals surface area contributed by atoms with Gasteiger partial charge in [0.05, 0.1) is 12.4 Å². The van der Waals surface area contributed by atoms with E-state index in [0.717, 1.165) is 4.57 Å². The van der Waals surface area contributed by atoms with Gasteiger partial charge in [-0.3, -0.25) is 13.9 Å². The van der Waals surface area contributed by atoms with Crippen LogP contribution in [0.15, 0.2) is 40.2 Å². The number of hydrogen-bond donors (Lipinski definition) is 3. The summed E-state index contributed by atoms with van der Waals surface area (Å²) in [7, 11) is 3.02. The lowest BCUT2D eigenvalue weighted by Crippen LogP contribution is -2.38. The highest BCUT2D eigenvalue weighted by Crippen LogP contribution is 2.19. The maximum atomic E-state index is 12.4. The standard InChI is InChI=1S/C18H23N5O4/c1-11(15(25)12-4-6-13(24)7-5-12)19-8-9-23-10-20-16-14(23)17(26)22(3)18(27)21(16)2/h4-7,10-11,15,19,24-25H,8-9H2,1-3H3. The first-order valence-corrected chi connectivity index (χ1v) is 8.62. The Morgan fingerprint density at radius 3 is 2.48 bits per heavy atom. The first kappa shape index (κ1) is 18.9. The predicted molar refractivity (Wildman–Crippen MR) is 101 cm³/mol. The van der Waals surface area contributed by atoms with Crippen LogP contribution in [0.2, 0.25) is 0 Å². The van der Waals surface area contributed by atoms with E-state index in [2.05, 4.69) is 10.3 Å². The SMILES string of the molecule is CC(NCCn1cnc2c1c(=O)n(C)c(=O)n2C)C(O)c1ccc(O)cc1. The molecule has 0 spiro atoms. The zero-order valence-corrected chi connectivity index (χ0v) is 15.5. The van der Waals surface area contributed by atoms with Crippen molar-refractivity contribution in [2.24, 2.45) is 14.1 Å². The van der Waals surface area contributed by atoms with E-state index in [9.17, 15) is 19.8 Å². The molecule has 9 nitrogen and oxygen atoms in total. The van der Waals surface area contributed by atoms with E-state index in [1.807, 2.05) is 6.92 Å². The third-order valence-electron chi connectivity index (χ3n) is 4.74. The Bertz CT molecular complexity index is 1060. The van der Waals surface area contributed by atoms with Crippen LogP contribution < -0.4 is 16.6 Å². The quantitative estimate of drug-likeness (QED) is 0.554. The Kier molecular flexibility index (Phi) is 5.15. The van der Waals surface area contributed by atoms with Crippen LogP contribution in [0.3, 0.4) is 0 Å². The first-order chi connectivity index (χ1) is 12.8. The molecule has 3 aromatic rings. The van der Waals surface area contributed by atoms with Gasteiger partial charge in [0.2, 0.25) is 0 Å². The number of nitrogens with zero attached hydrogens (tertiary/aromatic N) is 4. The molecule has 0 amide bonds. The van der Waals surface area contributed by atoms with E-state index in [0.29, 0.717) is 29.8 Å². The van der Waals surface area contributed by atoms with Crippen LogP contribution in [0.5, 0.6) is 5.75 Å². The van der Waals surface area contributed by atoms with Crippen LogP contribution in [-0.4, -0.2) is 41.5 Å². The number of phenolic OH excluding ortho intramolecular Hbond substituents is 1. The van der Waals surface area contributed by atoms with Crippen molar-refractivity contribution in [2.45, 2.75) is 25.6 Å². The summed E-state index contributed by atoms with van der Waals surface area (Å²) in [4.78, 5) is 28.6. The average molecular weight is 373 g/mol. The summed E-state index contributed by atoms with van der Waals surface area (Å²) in [6.07, 6.45) is 0.799. The number of fused-ring (bicyclic) bond motifs is 1. The molecule has 2 unspecified atom stereocenters. The van der Waals surface area contributed by atoms with Crippen molar-refractivity contribution in [3.8, 4) is 5.75 Å². The van der Waals surface area contributed by atoms with Gasteiger partial charge in [0.25, 0.3) is 5.56 Å². The number of aliphatic hydroxyl groups excluding tert-OH is 1. The molecule has 2 aromatic heterocycles. The van der Waals surface area contributed by atoms with Crippen LogP contribution in [0.25, 0.3) is 11.2 Å². The van der Waals surface area contributed by atoms with Gasteiger partial charge in [-0.2, -0.15) is 0 Å². The summed E-state index contributed by atoms with van der Waals surface area (Å²) in [6.45, 7) is 2.80. The van der Waals surface area contributed by atoms with E-state index >= 15 is 0 Å². The lowest BCUT2D eigenvalue weighted by Gasteiger charge is -2.21. The average Bonchev–Trinajstić information content (AvgIpc) is 3.08. The molecule has 0 saturated heterocycles. The number of hydrogen-bond acceptors (Lipinski definition) is 6. The number of benzene rings is 1. The molecule has 27 heavy (non-hydrogen) atoms. The summed E-state index contributed by atoms with van der Waals surface area (Å²) in [5, 5.41) is 23.0. The van der Waals surface area contributed by atoms with Crippen molar-refractivity contribution >= 4 is 11.2 Å². The Balaban J connectivity index is 1.71. The minimum absolute atomic E-state index is 0.148. The Morgan fingerprint density at radius 2 is 1.81 bits per heavy atom. The van der Waals surface area contributed by atoms with E-state index in [1.54, 1.807) is 23.7 Å². The van der Waals surface area contributed by atoms with Crippen molar-refractivity contribution in [1.29, 1.82) is 0 Å². The van der Waals surface area contributed by atoms with Crippen molar-refractivity contribution in [2.75, 3.05) is 6.54 Å². The maximum Gasteiger partial charge on any atom is 0.332 e. The fourth-order valence-corrected chi connectivity index (χ4v) is 3.05. The van der Waals surface area contributed by atoms with E-state index in [1.165, 1.54) is 30.1 Å². The van der Waals surface area contributed by atoms with Gasteiger partial charge in [0.1, 0.15) is 5.75 Å². The Labute approximate surface area is 155 Å². The number of aryl methyl sites for hydroxylation is 1. The van der Waals surface area contributed by atoms with Gasteiger partial charge in [-0.15, -0.1) is 0 Å². The minimum atomic E-state index is -0.737. The second-order valence-corrected chi connectivity index (χ2v) is 6.60. The molecule has 0 aliphatic carbocycles. The first-order valence-electron chi connectivity index (χ1n) is 8.62. The number of rotatable bonds is 6. The fraction of sp³-hybridized carbons (Fsp3) is 0.389. The lowest BCUT2D eigenvalue weighted by molar-refractivity contribution is 0.135. The van der Waals surface area contributed by atoms with E-state index in [4.69, 9.17) is 0 Å². The number of aliphatic hydroxyl groups is 1. The Hall–Kier alpha value is -2.91. The summed E-state index contributed by atoms with van der Waals surface area (Å²) in [6, 6.07) is 6.17. The summed E-state index contributed by atoms with van der Waals surface area (Å²) >= 11 is 0. The van der Waals surface area contributed by atoms with Crippen LogP contribution in [0, 0.1) is 0 Å². The third kappa shape index (κ3) is 3.51. The molecule has 0 bridgehead atoms. The topological polar surface area (TPSA) is 114 Å². The molecule has 0 fully saturated rings. The molecular weight excluding hydrogens is 350 g/mol. The summed E-state index contributed by atoms with van der Waals surface area (Å²) < 4.78 is 4.10. The molecule has 0 radical (unpaired) electrons. The summed E-state index contributed by atoms with van der Waals surface area (Å²) in [5.74, 6) is 0.148. The van der Waals surface area contributed by atoms with E-state index < -0.39 is 11.8 Å². The predicted octanol–water partition coefficient (Wildman–Crippen LogP) is -0.149. The number of imidazole rings is 1. The van der Waals surface area contributed by atoms with Gasteiger partial charge in [-0.05, 0) is 24.6 Å². The highest BCUT2D eigenvalue weighted by Gasteiger charge is 2.17. The monoisotopic (exact) mass is 373 g/mol. The van der Waals surface area contributed by atoms with Gasteiger partial charge < -0.3 is 20.1 Å². The molecule has 2 atom stereocenters. The molecule has 3 N–H and O–H groups in total. The number of phenols is 1. The third-order valence-corrected chi connectivity index (χ3v) is 4.74. The largest absolute Gasteiger partial charge is 0.508 e. The number of aromatic hydroxyl groups is 1. The molecule has 2 heterocycles. The van der Waals surface area contributed by atoms with Gasteiger partial charge in [-0.1, -0.05) is 12.1 Å². The highest BCUT2D eigenvalue weighted by atomic mass is 16.3. The van der Waals surface area contributed by atoms with Crippen LogP contribution >= 0.6 is 0 Å². The molecule has 1 aromatic carbocycles. The molecule has 0 saturated carbocycles. The molecule has 9 heteroatoms. The molecule has 0 aliphatic heterocycles. The van der Waals surface area contributed by atoms with Gasteiger partial charge >= 0.3 is 5.69 Å². The van der Waals surface area contributed by atoms with Crippen molar-refractivity contribution < 1.29 is 10.2 Å². The number of nitrogens with one attached hydrogen (secondary N) is 1. The minimum Gasteiger partial charge on any atom is -0.508 e. The molecule has 3 rings (SSSR count). The number of aromatic nitrogens is 4. The van der Waals surface area contributed by atoms with Gasteiger partial charge in [0, 0.05) is 33.2 Å². The van der Waals surface area contributed by atoms with Crippen LogP contribution in [-0.2, 0) is 20.6 Å². The maximum absolute atomic E-state index is 12.4. The van der Waals surface area contributed by atoms with Crippen LogP contribution in [0.4, 0.5) is 0 Å². The van der Waals surface area contributed by atoms with Gasteiger partial charge in [0.15, 0.2) is 11.2 Å². The fourth-order valence-electron chi connectivity index (χ4n) is 3.05. The lowest BCUT2D eigenvalue weighted by atomic mass is 10.0. The van der Waals surface area contributed by atoms with Gasteiger partial charge in [-0.25, -0.2) is 9.78 Å². The zero-order chi connectivity index (χ0) is 19.7. The second-order valence-electron chi connectivity index (χ2n) is 6.60. The molecule has 0 aliphatic rings. The van der Waals surface area contributed by atoms with Crippen LogP contribution in [0.1, 0.15) is 18.6 Å². The molecule has 144 valence electrons. The zero-order valence-electron chi connectivity index (χ0n) is 15.5. The Morgan fingerprint density at radius 1 is 1.15 bits per heavy atom. The van der Waals surface area contributed by atoms with Crippen molar-refractivity contribution in [3.05, 3.63) is 57.0 Å². The summed E-state index contributed by atoms with van der Waals surface area (Å²) in [5.41, 5.74) is 0.613.